The van der Waals surface area contributed by atoms with E-state index in [-0.39, 0.29) is 11.3 Å². The first kappa shape index (κ1) is 12.6. The van der Waals surface area contributed by atoms with Gasteiger partial charge in [-0.25, -0.2) is 4.79 Å². The molecular weight excluding hydrogens is 246 g/mol. The Morgan fingerprint density at radius 1 is 0.947 bits per heavy atom. The molecule has 2 aromatic carbocycles. The second kappa shape index (κ2) is 5.68. The number of carboxylic acid groups (broad SMARTS) is 1. The Bertz CT molecular complexity index is 595. The summed E-state index contributed by atoms with van der Waals surface area (Å²) in [7, 11) is 0. The van der Waals surface area contributed by atoms with Crippen LogP contribution in [0.1, 0.15) is 10.4 Å². The molecule has 0 aromatic heterocycles. The summed E-state index contributed by atoms with van der Waals surface area (Å²) in [5, 5.41) is 11.3. The second-order valence-electron chi connectivity index (χ2n) is 3.68. The number of para-hydroxylation sites is 2. The largest absolute Gasteiger partial charge is 0.511 e. The van der Waals surface area contributed by atoms with Crippen LogP contribution >= 0.6 is 0 Å². The molecule has 0 atom stereocenters. The SMILES string of the molecule is O=C(O)Oc1ccccc1C(=O)Nc1ccccc1. The van der Waals surface area contributed by atoms with Gasteiger partial charge in [-0.2, -0.15) is 0 Å². The molecule has 1 amide bonds. The van der Waals surface area contributed by atoms with E-state index in [9.17, 15) is 9.59 Å². The van der Waals surface area contributed by atoms with Gasteiger partial charge in [0.25, 0.3) is 5.91 Å². The molecule has 0 bridgehead atoms. The highest BCUT2D eigenvalue weighted by molar-refractivity contribution is 6.06. The fraction of sp³-hybridized carbons (Fsp3) is 0. The number of hydrogen-bond acceptors (Lipinski definition) is 3. The van der Waals surface area contributed by atoms with Gasteiger partial charge in [-0.3, -0.25) is 4.79 Å². The standard InChI is InChI=1S/C14H11NO4/c16-13(15-10-6-2-1-3-7-10)11-8-4-5-9-12(11)19-14(17)18/h1-9H,(H,15,16)(H,17,18). The maximum Gasteiger partial charge on any atom is 0.511 e. The van der Waals surface area contributed by atoms with Gasteiger partial charge in [0.1, 0.15) is 5.75 Å². The van der Waals surface area contributed by atoms with Crippen LogP contribution in [0.15, 0.2) is 54.6 Å². The van der Waals surface area contributed by atoms with Crippen LogP contribution in [0.25, 0.3) is 0 Å². The van der Waals surface area contributed by atoms with Crippen molar-refractivity contribution in [2.75, 3.05) is 5.32 Å². The molecule has 96 valence electrons. The Labute approximate surface area is 109 Å². The number of amides is 1. The second-order valence-corrected chi connectivity index (χ2v) is 3.68. The molecule has 0 radical (unpaired) electrons. The lowest BCUT2D eigenvalue weighted by molar-refractivity contribution is 0.102. The van der Waals surface area contributed by atoms with E-state index in [1.54, 1.807) is 36.4 Å². The predicted octanol–water partition coefficient (Wildman–Crippen LogP) is 3.00. The van der Waals surface area contributed by atoms with Gasteiger partial charge < -0.3 is 15.2 Å². The quantitative estimate of drug-likeness (QED) is 0.654. The zero-order valence-electron chi connectivity index (χ0n) is 9.87. The molecule has 0 saturated carbocycles. The van der Waals surface area contributed by atoms with Crippen molar-refractivity contribution >= 4 is 17.7 Å². The first-order chi connectivity index (χ1) is 9.16. The number of ether oxygens (including phenoxy) is 1. The lowest BCUT2D eigenvalue weighted by Gasteiger charge is -2.08. The van der Waals surface area contributed by atoms with Crippen LogP contribution in [0.4, 0.5) is 10.5 Å². The number of hydrogen-bond donors (Lipinski definition) is 2. The number of nitrogens with one attached hydrogen (secondary N) is 1. The Kier molecular flexibility index (Phi) is 3.78. The molecule has 0 fully saturated rings. The molecule has 0 unspecified atom stereocenters. The Hall–Kier alpha value is -2.82. The first-order valence-corrected chi connectivity index (χ1v) is 5.53. The monoisotopic (exact) mass is 257 g/mol. The van der Waals surface area contributed by atoms with E-state index in [1.807, 2.05) is 6.07 Å². The van der Waals surface area contributed by atoms with Crippen LogP contribution in [0.5, 0.6) is 5.75 Å². The Balaban J connectivity index is 2.21. The fourth-order valence-corrected chi connectivity index (χ4v) is 1.56. The number of carbonyl (C=O) groups excluding carboxylic acids is 1. The molecule has 0 aliphatic rings. The van der Waals surface area contributed by atoms with E-state index >= 15 is 0 Å². The van der Waals surface area contributed by atoms with Crippen molar-refractivity contribution in [3.8, 4) is 5.75 Å². The summed E-state index contributed by atoms with van der Waals surface area (Å²) in [5.74, 6) is -0.425. The Morgan fingerprint density at radius 2 is 1.58 bits per heavy atom. The van der Waals surface area contributed by atoms with Crippen molar-refractivity contribution in [1.82, 2.24) is 0 Å². The van der Waals surface area contributed by atoms with Crippen molar-refractivity contribution in [2.24, 2.45) is 0 Å². The topological polar surface area (TPSA) is 75.6 Å². The Morgan fingerprint density at radius 3 is 2.26 bits per heavy atom. The molecule has 0 spiro atoms. The van der Waals surface area contributed by atoms with Crippen molar-refractivity contribution in [1.29, 1.82) is 0 Å². The molecular formula is C14H11NO4. The predicted molar refractivity (Wildman–Crippen MR) is 69.5 cm³/mol. The van der Waals surface area contributed by atoms with Gasteiger partial charge in [-0.05, 0) is 24.3 Å². The van der Waals surface area contributed by atoms with Crippen molar-refractivity contribution in [3.63, 3.8) is 0 Å². The minimum Gasteiger partial charge on any atom is -0.449 e. The molecule has 2 aromatic rings. The minimum atomic E-state index is -1.46. The average molecular weight is 257 g/mol. The van der Waals surface area contributed by atoms with E-state index in [1.165, 1.54) is 12.1 Å². The molecule has 0 aliphatic carbocycles. The maximum absolute atomic E-state index is 12.0. The molecule has 5 heteroatoms. The van der Waals surface area contributed by atoms with Crippen LogP contribution in [0.3, 0.4) is 0 Å². The van der Waals surface area contributed by atoms with Crippen LogP contribution in [-0.4, -0.2) is 17.2 Å². The molecule has 0 aliphatic heterocycles. The molecule has 19 heavy (non-hydrogen) atoms. The highest BCUT2D eigenvalue weighted by Crippen LogP contribution is 2.19. The van der Waals surface area contributed by atoms with E-state index in [0.717, 1.165) is 0 Å². The highest BCUT2D eigenvalue weighted by atomic mass is 16.7. The fourth-order valence-electron chi connectivity index (χ4n) is 1.56. The number of anilines is 1. The van der Waals surface area contributed by atoms with Crippen molar-refractivity contribution < 1.29 is 19.4 Å². The summed E-state index contributed by atoms with van der Waals surface area (Å²) in [6.45, 7) is 0. The van der Waals surface area contributed by atoms with Gasteiger partial charge >= 0.3 is 6.16 Å². The summed E-state index contributed by atoms with van der Waals surface area (Å²) in [4.78, 5) is 22.6. The van der Waals surface area contributed by atoms with Gasteiger partial charge in [0.15, 0.2) is 0 Å². The molecule has 2 rings (SSSR count). The lowest BCUT2D eigenvalue weighted by atomic mass is 10.2. The maximum atomic E-state index is 12.0. The molecule has 0 heterocycles. The zero-order chi connectivity index (χ0) is 13.7. The van der Waals surface area contributed by atoms with Crippen molar-refractivity contribution in [3.05, 3.63) is 60.2 Å². The van der Waals surface area contributed by atoms with E-state index in [0.29, 0.717) is 5.69 Å². The average Bonchev–Trinajstić information content (AvgIpc) is 2.39. The first-order valence-electron chi connectivity index (χ1n) is 5.53. The van der Waals surface area contributed by atoms with Gasteiger partial charge in [-0.1, -0.05) is 30.3 Å². The van der Waals surface area contributed by atoms with Crippen molar-refractivity contribution in [2.45, 2.75) is 0 Å². The highest BCUT2D eigenvalue weighted by Gasteiger charge is 2.14. The van der Waals surface area contributed by atoms with Crippen LogP contribution in [0.2, 0.25) is 0 Å². The summed E-state index contributed by atoms with van der Waals surface area (Å²) >= 11 is 0. The smallest absolute Gasteiger partial charge is 0.449 e. The zero-order valence-corrected chi connectivity index (χ0v) is 9.87. The summed E-state index contributed by atoms with van der Waals surface area (Å²) in [6, 6.07) is 15.0. The number of carbonyl (C=O) groups is 2. The summed E-state index contributed by atoms with van der Waals surface area (Å²) in [6.07, 6.45) is -1.46. The molecule has 2 N–H and O–H groups in total. The third-order valence-corrected chi connectivity index (χ3v) is 2.36. The normalized spacial score (nSPS) is 9.68. The van der Waals surface area contributed by atoms with Gasteiger partial charge in [-0.15, -0.1) is 0 Å². The lowest BCUT2D eigenvalue weighted by Crippen LogP contribution is -2.15. The number of rotatable bonds is 3. The van der Waals surface area contributed by atoms with Gasteiger partial charge in [0.2, 0.25) is 0 Å². The summed E-state index contributed by atoms with van der Waals surface area (Å²) in [5.41, 5.74) is 0.784. The minimum absolute atomic E-state index is 0.00318. The third-order valence-electron chi connectivity index (χ3n) is 2.36. The van der Waals surface area contributed by atoms with Crippen LogP contribution in [0, 0.1) is 0 Å². The van der Waals surface area contributed by atoms with Crippen LogP contribution < -0.4 is 10.1 Å². The summed E-state index contributed by atoms with van der Waals surface area (Å²) < 4.78 is 4.56. The third kappa shape index (κ3) is 3.32. The van der Waals surface area contributed by atoms with E-state index in [4.69, 9.17) is 5.11 Å². The van der Waals surface area contributed by atoms with Crippen LogP contribution in [-0.2, 0) is 0 Å². The van der Waals surface area contributed by atoms with Gasteiger partial charge in [0.05, 0.1) is 5.56 Å². The molecule has 5 nitrogen and oxygen atoms in total. The number of benzene rings is 2. The van der Waals surface area contributed by atoms with Gasteiger partial charge in [0, 0.05) is 5.69 Å². The van der Waals surface area contributed by atoms with E-state index < -0.39 is 12.1 Å². The molecule has 0 saturated heterocycles. The van der Waals surface area contributed by atoms with E-state index in [2.05, 4.69) is 10.1 Å².